The lowest BCUT2D eigenvalue weighted by atomic mass is 9.94. The van der Waals surface area contributed by atoms with Crippen LogP contribution in [0.2, 0.25) is 0 Å². The van der Waals surface area contributed by atoms with Gasteiger partial charge in [0.05, 0.1) is 12.2 Å². The molecule has 2 aromatic rings. The largest absolute Gasteiger partial charge is 0.355 e. The third kappa shape index (κ3) is 5.11. The van der Waals surface area contributed by atoms with Crippen LogP contribution in [0.5, 0.6) is 0 Å². The Kier molecular flexibility index (Phi) is 6.73. The zero-order chi connectivity index (χ0) is 20.1. The second-order valence-corrected chi connectivity index (χ2v) is 9.30. The summed E-state index contributed by atoms with van der Waals surface area (Å²) in [6.45, 7) is 12.6. The summed E-state index contributed by atoms with van der Waals surface area (Å²) in [6, 6.07) is 8.80. The molecule has 0 aliphatic carbocycles. The Labute approximate surface area is 173 Å². The quantitative estimate of drug-likeness (QED) is 0.573. The van der Waals surface area contributed by atoms with Gasteiger partial charge in [0.1, 0.15) is 5.01 Å². The van der Waals surface area contributed by atoms with E-state index in [1.165, 1.54) is 11.1 Å². The van der Waals surface area contributed by atoms with Crippen LogP contribution >= 0.6 is 11.3 Å². The Hall–Kier alpha value is -1.92. The second kappa shape index (κ2) is 9.05. The van der Waals surface area contributed by atoms with Crippen LogP contribution in [0.25, 0.3) is 0 Å². The van der Waals surface area contributed by atoms with Gasteiger partial charge in [0, 0.05) is 37.6 Å². The van der Waals surface area contributed by atoms with Crippen molar-refractivity contribution >= 4 is 17.3 Å². The first-order chi connectivity index (χ1) is 13.4. The highest BCUT2D eigenvalue weighted by Crippen LogP contribution is 2.25. The number of nitrogens with one attached hydrogen (secondary N) is 2. The lowest BCUT2D eigenvalue weighted by Gasteiger charge is -2.42. The van der Waals surface area contributed by atoms with Crippen molar-refractivity contribution in [2.45, 2.75) is 58.7 Å². The van der Waals surface area contributed by atoms with Crippen molar-refractivity contribution in [2.75, 3.05) is 20.1 Å². The highest BCUT2D eigenvalue weighted by Gasteiger charge is 2.29. The first kappa shape index (κ1) is 20.8. The zero-order valence-electron chi connectivity index (χ0n) is 17.7. The predicted octanol–water partition coefficient (Wildman–Crippen LogP) is 3.77. The van der Waals surface area contributed by atoms with Gasteiger partial charge < -0.3 is 10.6 Å². The minimum atomic E-state index is 0.0388. The third-order valence-corrected chi connectivity index (χ3v) is 6.33. The Balaban J connectivity index is 1.52. The van der Waals surface area contributed by atoms with Gasteiger partial charge in [0.25, 0.3) is 0 Å². The molecule has 6 heteroatoms. The third-order valence-electron chi connectivity index (χ3n) is 5.47. The first-order valence-electron chi connectivity index (χ1n) is 10.1. The molecule has 0 radical (unpaired) electrons. The molecule has 28 heavy (non-hydrogen) atoms. The smallest absolute Gasteiger partial charge is 0.191 e. The Morgan fingerprint density at radius 3 is 2.68 bits per heavy atom. The van der Waals surface area contributed by atoms with Crippen molar-refractivity contribution in [3.8, 4) is 0 Å². The van der Waals surface area contributed by atoms with Crippen molar-refractivity contribution in [3.63, 3.8) is 0 Å². The molecule has 152 valence electrons. The summed E-state index contributed by atoms with van der Waals surface area (Å²) in [5, 5.41) is 10.1. The van der Waals surface area contributed by atoms with Gasteiger partial charge in [0.15, 0.2) is 5.96 Å². The number of hydrogen-bond acceptors (Lipinski definition) is 4. The van der Waals surface area contributed by atoms with Gasteiger partial charge in [-0.15, -0.1) is 11.3 Å². The Morgan fingerprint density at radius 2 is 2.00 bits per heavy atom. The molecule has 1 aromatic heterocycles. The maximum Gasteiger partial charge on any atom is 0.191 e. The standard InChI is InChI=1S/C22H33N5S/c1-16(2)19-14-28-20(26-19)12-24-21(23-5)25-15-22(3,4)27-11-10-17-8-6-7-9-18(17)13-27/h6-9,14,16H,10-13,15H2,1-5H3,(H2,23,24,25). The maximum atomic E-state index is 4.68. The molecule has 2 heterocycles. The van der Waals surface area contributed by atoms with E-state index in [9.17, 15) is 0 Å². The summed E-state index contributed by atoms with van der Waals surface area (Å²) < 4.78 is 0. The molecule has 1 aromatic carbocycles. The van der Waals surface area contributed by atoms with Crippen LogP contribution in [0, 0.1) is 0 Å². The molecule has 0 fully saturated rings. The van der Waals surface area contributed by atoms with Gasteiger partial charge in [0.2, 0.25) is 0 Å². The van der Waals surface area contributed by atoms with E-state index >= 15 is 0 Å². The minimum Gasteiger partial charge on any atom is -0.355 e. The fourth-order valence-electron chi connectivity index (χ4n) is 3.48. The van der Waals surface area contributed by atoms with E-state index < -0.39 is 0 Å². The van der Waals surface area contributed by atoms with Crippen LogP contribution in [-0.4, -0.2) is 41.5 Å². The maximum absolute atomic E-state index is 4.68. The molecule has 1 aliphatic rings. The number of hydrogen-bond donors (Lipinski definition) is 2. The lowest BCUT2D eigenvalue weighted by molar-refractivity contribution is 0.107. The van der Waals surface area contributed by atoms with Gasteiger partial charge in [-0.25, -0.2) is 4.98 Å². The second-order valence-electron chi connectivity index (χ2n) is 8.35. The monoisotopic (exact) mass is 399 g/mol. The fraction of sp³-hybridized carbons (Fsp3) is 0.545. The molecule has 0 amide bonds. The molecule has 1 aliphatic heterocycles. The zero-order valence-corrected chi connectivity index (χ0v) is 18.6. The van der Waals surface area contributed by atoms with Crippen molar-refractivity contribution in [1.82, 2.24) is 20.5 Å². The average Bonchev–Trinajstić information content (AvgIpc) is 3.17. The van der Waals surface area contributed by atoms with Crippen LogP contribution < -0.4 is 10.6 Å². The van der Waals surface area contributed by atoms with Gasteiger partial charge >= 0.3 is 0 Å². The summed E-state index contributed by atoms with van der Waals surface area (Å²) in [5.41, 5.74) is 4.14. The van der Waals surface area contributed by atoms with Gasteiger partial charge in [-0.2, -0.15) is 0 Å². The molecule has 0 saturated carbocycles. The first-order valence-corrected chi connectivity index (χ1v) is 11.0. The fourth-order valence-corrected chi connectivity index (χ4v) is 4.37. The van der Waals surface area contributed by atoms with Crippen molar-refractivity contribution in [3.05, 3.63) is 51.5 Å². The lowest BCUT2D eigenvalue weighted by Crippen LogP contribution is -2.54. The van der Waals surface area contributed by atoms with E-state index in [1.54, 1.807) is 11.3 Å². The normalized spacial score (nSPS) is 15.6. The topological polar surface area (TPSA) is 52.6 Å². The van der Waals surface area contributed by atoms with Crippen LogP contribution in [-0.2, 0) is 19.5 Å². The van der Waals surface area contributed by atoms with Crippen LogP contribution in [0.4, 0.5) is 0 Å². The average molecular weight is 400 g/mol. The van der Waals surface area contributed by atoms with Crippen LogP contribution in [0.1, 0.15) is 55.4 Å². The van der Waals surface area contributed by atoms with Crippen molar-refractivity contribution < 1.29 is 0 Å². The van der Waals surface area contributed by atoms with E-state index in [1.807, 2.05) is 7.05 Å². The Morgan fingerprint density at radius 1 is 1.25 bits per heavy atom. The summed E-state index contributed by atoms with van der Waals surface area (Å²) in [5.74, 6) is 1.30. The highest BCUT2D eigenvalue weighted by atomic mass is 32.1. The number of nitrogens with zero attached hydrogens (tertiary/aromatic N) is 3. The van der Waals surface area contributed by atoms with Crippen LogP contribution in [0.15, 0.2) is 34.6 Å². The molecule has 0 spiro atoms. The molecule has 3 rings (SSSR count). The molecule has 0 saturated heterocycles. The summed E-state index contributed by atoms with van der Waals surface area (Å²) in [7, 11) is 1.82. The molecule has 0 unspecified atom stereocenters. The van der Waals surface area contributed by atoms with Crippen molar-refractivity contribution in [1.29, 1.82) is 0 Å². The van der Waals surface area contributed by atoms with Gasteiger partial charge in [-0.3, -0.25) is 9.89 Å². The van der Waals surface area contributed by atoms with E-state index in [4.69, 9.17) is 0 Å². The van der Waals surface area contributed by atoms with E-state index in [2.05, 4.69) is 82.9 Å². The van der Waals surface area contributed by atoms with E-state index in [0.717, 1.165) is 42.7 Å². The number of benzene rings is 1. The number of rotatable bonds is 6. The SMILES string of the molecule is CN=C(NCc1nc(C(C)C)cs1)NCC(C)(C)N1CCc2ccccc2C1. The summed E-state index contributed by atoms with van der Waals surface area (Å²) >= 11 is 1.71. The highest BCUT2D eigenvalue weighted by molar-refractivity contribution is 7.09. The molecule has 2 N–H and O–H groups in total. The molecule has 0 atom stereocenters. The molecule has 0 bridgehead atoms. The van der Waals surface area contributed by atoms with E-state index in [-0.39, 0.29) is 5.54 Å². The van der Waals surface area contributed by atoms with Gasteiger partial charge in [-0.05, 0) is 37.3 Å². The molecular weight excluding hydrogens is 366 g/mol. The minimum absolute atomic E-state index is 0.0388. The number of aliphatic imine (C=N–C) groups is 1. The van der Waals surface area contributed by atoms with E-state index in [0.29, 0.717) is 12.5 Å². The molecular formula is C22H33N5S. The predicted molar refractivity (Wildman–Crippen MR) is 119 cm³/mol. The van der Waals surface area contributed by atoms with Gasteiger partial charge in [-0.1, -0.05) is 38.1 Å². The number of thiazole rings is 1. The van der Waals surface area contributed by atoms with Crippen LogP contribution in [0.3, 0.4) is 0 Å². The number of fused-ring (bicyclic) bond motifs is 1. The van der Waals surface area contributed by atoms with Crippen molar-refractivity contribution in [2.24, 2.45) is 4.99 Å². The number of guanidine groups is 1. The number of aromatic nitrogens is 1. The molecule has 5 nitrogen and oxygen atoms in total. The summed E-state index contributed by atoms with van der Waals surface area (Å²) in [4.78, 5) is 11.6. The Bertz CT molecular complexity index is 809. The summed E-state index contributed by atoms with van der Waals surface area (Å²) in [6.07, 6.45) is 1.12.